The number of rotatable bonds is 4. The van der Waals surface area contributed by atoms with E-state index in [4.69, 9.17) is 11.6 Å². The number of nitrogens with one attached hydrogen (secondary N) is 1. The maximum atomic E-state index is 9.47. The summed E-state index contributed by atoms with van der Waals surface area (Å²) in [5.41, 5.74) is 0.581. The first-order valence-corrected chi connectivity index (χ1v) is 5.42. The quantitative estimate of drug-likeness (QED) is 0.585. The summed E-state index contributed by atoms with van der Waals surface area (Å²) in [6, 6.07) is 5.10. The summed E-state index contributed by atoms with van der Waals surface area (Å²) in [6.45, 7) is 0.318. The van der Waals surface area contributed by atoms with Crippen molar-refractivity contribution in [3.8, 4) is 5.75 Å². The van der Waals surface area contributed by atoms with Gasteiger partial charge in [-0.3, -0.25) is 0 Å². The van der Waals surface area contributed by atoms with Crippen LogP contribution in [0.3, 0.4) is 0 Å². The number of phenolic OH excluding ortho intramolecular Hbond substituents is 1. The van der Waals surface area contributed by atoms with Gasteiger partial charge in [-0.1, -0.05) is 15.9 Å². The summed E-state index contributed by atoms with van der Waals surface area (Å²) in [6.07, 6.45) is -0.611. The Morgan fingerprint density at radius 1 is 1.50 bits per heavy atom. The zero-order chi connectivity index (χ0) is 10.6. The SMILES string of the molecule is Oc1cc(Br)ccc1NCC(O)CCl. The summed E-state index contributed by atoms with van der Waals surface area (Å²) in [5, 5.41) is 21.5. The lowest BCUT2D eigenvalue weighted by Crippen LogP contribution is -2.20. The van der Waals surface area contributed by atoms with Gasteiger partial charge in [-0.25, -0.2) is 0 Å². The van der Waals surface area contributed by atoms with Gasteiger partial charge in [-0.2, -0.15) is 0 Å². The van der Waals surface area contributed by atoms with Gasteiger partial charge in [0.25, 0.3) is 0 Å². The van der Waals surface area contributed by atoms with Crippen LogP contribution < -0.4 is 5.32 Å². The van der Waals surface area contributed by atoms with E-state index in [0.717, 1.165) is 4.47 Å². The molecule has 0 bridgehead atoms. The lowest BCUT2D eigenvalue weighted by atomic mass is 10.3. The average Bonchev–Trinajstić information content (AvgIpc) is 2.16. The number of anilines is 1. The first-order valence-electron chi connectivity index (χ1n) is 4.10. The van der Waals surface area contributed by atoms with Crippen LogP contribution in [0.15, 0.2) is 22.7 Å². The number of hydrogen-bond donors (Lipinski definition) is 3. The smallest absolute Gasteiger partial charge is 0.139 e. The lowest BCUT2D eigenvalue weighted by Gasteiger charge is -2.11. The zero-order valence-corrected chi connectivity index (χ0v) is 9.72. The van der Waals surface area contributed by atoms with Crippen LogP contribution in [-0.4, -0.2) is 28.7 Å². The van der Waals surface area contributed by atoms with E-state index in [9.17, 15) is 10.2 Å². The highest BCUT2D eigenvalue weighted by Gasteiger charge is 2.04. The van der Waals surface area contributed by atoms with E-state index < -0.39 is 6.10 Å². The molecular weight excluding hydrogens is 269 g/mol. The third-order valence-electron chi connectivity index (χ3n) is 1.67. The highest BCUT2D eigenvalue weighted by molar-refractivity contribution is 9.10. The Morgan fingerprint density at radius 2 is 2.21 bits per heavy atom. The molecule has 0 spiro atoms. The predicted octanol–water partition coefficient (Wildman–Crippen LogP) is 2.17. The fourth-order valence-electron chi connectivity index (χ4n) is 0.937. The first kappa shape index (κ1) is 11.6. The standard InChI is InChI=1S/C9H11BrClNO2/c10-6-1-2-8(9(14)3-6)12-5-7(13)4-11/h1-3,7,12-14H,4-5H2. The van der Waals surface area contributed by atoms with Crippen molar-refractivity contribution in [2.45, 2.75) is 6.10 Å². The fraction of sp³-hybridized carbons (Fsp3) is 0.333. The van der Waals surface area contributed by atoms with Gasteiger partial charge in [0, 0.05) is 11.0 Å². The molecule has 0 aliphatic rings. The Kier molecular flexibility index (Phi) is 4.51. The number of alkyl halides is 1. The molecule has 78 valence electrons. The van der Waals surface area contributed by atoms with Crippen molar-refractivity contribution < 1.29 is 10.2 Å². The minimum atomic E-state index is -0.611. The summed E-state index contributed by atoms with van der Waals surface area (Å²) in [7, 11) is 0. The second kappa shape index (κ2) is 5.44. The average molecular weight is 281 g/mol. The van der Waals surface area contributed by atoms with E-state index >= 15 is 0 Å². The monoisotopic (exact) mass is 279 g/mol. The van der Waals surface area contributed by atoms with Gasteiger partial charge in [0.1, 0.15) is 5.75 Å². The lowest BCUT2D eigenvalue weighted by molar-refractivity contribution is 0.211. The van der Waals surface area contributed by atoms with Gasteiger partial charge in [0.05, 0.1) is 17.7 Å². The maximum absolute atomic E-state index is 9.47. The van der Waals surface area contributed by atoms with Gasteiger partial charge in [0.2, 0.25) is 0 Å². The topological polar surface area (TPSA) is 52.5 Å². The van der Waals surface area contributed by atoms with Gasteiger partial charge in [-0.15, -0.1) is 11.6 Å². The third-order valence-corrected chi connectivity index (χ3v) is 2.52. The molecular formula is C9H11BrClNO2. The molecule has 0 saturated carbocycles. The minimum Gasteiger partial charge on any atom is -0.506 e. The molecule has 0 fully saturated rings. The largest absolute Gasteiger partial charge is 0.506 e. The zero-order valence-electron chi connectivity index (χ0n) is 7.37. The van der Waals surface area contributed by atoms with E-state index in [1.165, 1.54) is 0 Å². The van der Waals surface area contributed by atoms with Gasteiger partial charge >= 0.3 is 0 Å². The molecule has 1 atom stereocenters. The van der Waals surface area contributed by atoms with Gasteiger partial charge in [0.15, 0.2) is 0 Å². The summed E-state index contributed by atoms with van der Waals surface area (Å²) in [4.78, 5) is 0. The number of phenols is 1. The number of aliphatic hydroxyl groups is 1. The third kappa shape index (κ3) is 3.36. The number of aromatic hydroxyl groups is 1. The van der Waals surface area contributed by atoms with Crippen molar-refractivity contribution in [1.29, 1.82) is 0 Å². The molecule has 0 aliphatic carbocycles. The molecule has 14 heavy (non-hydrogen) atoms. The molecule has 3 nitrogen and oxygen atoms in total. The summed E-state index contributed by atoms with van der Waals surface area (Å²) in [5.74, 6) is 0.311. The van der Waals surface area contributed by atoms with E-state index in [-0.39, 0.29) is 11.6 Å². The Morgan fingerprint density at radius 3 is 2.79 bits per heavy atom. The Bertz CT molecular complexity index is 309. The highest BCUT2D eigenvalue weighted by atomic mass is 79.9. The van der Waals surface area contributed by atoms with Crippen LogP contribution in [0.1, 0.15) is 0 Å². The molecule has 1 unspecified atom stereocenters. The second-order valence-corrected chi connectivity index (χ2v) is 4.07. The van der Waals surface area contributed by atoms with Crippen molar-refractivity contribution >= 4 is 33.2 Å². The van der Waals surface area contributed by atoms with Crippen LogP contribution >= 0.6 is 27.5 Å². The Hall–Kier alpha value is -0.450. The van der Waals surface area contributed by atoms with Crippen LogP contribution in [0.5, 0.6) is 5.75 Å². The van der Waals surface area contributed by atoms with E-state index in [1.807, 2.05) is 0 Å². The van der Waals surface area contributed by atoms with Crippen molar-refractivity contribution in [2.75, 3.05) is 17.7 Å². The van der Waals surface area contributed by atoms with E-state index in [2.05, 4.69) is 21.2 Å². The molecule has 1 aromatic rings. The van der Waals surface area contributed by atoms with Crippen LogP contribution in [0, 0.1) is 0 Å². The van der Waals surface area contributed by atoms with Crippen molar-refractivity contribution in [3.63, 3.8) is 0 Å². The predicted molar refractivity (Wildman–Crippen MR) is 61.0 cm³/mol. The maximum Gasteiger partial charge on any atom is 0.139 e. The Labute approximate surface area is 95.8 Å². The van der Waals surface area contributed by atoms with Crippen molar-refractivity contribution in [1.82, 2.24) is 0 Å². The molecule has 0 saturated heterocycles. The van der Waals surface area contributed by atoms with Crippen LogP contribution in [-0.2, 0) is 0 Å². The number of benzene rings is 1. The Balaban J connectivity index is 2.59. The van der Waals surface area contributed by atoms with Gasteiger partial charge in [-0.05, 0) is 18.2 Å². The normalized spacial score (nSPS) is 12.5. The number of aliphatic hydroxyl groups excluding tert-OH is 1. The molecule has 1 rings (SSSR count). The first-order chi connectivity index (χ1) is 6.63. The van der Waals surface area contributed by atoms with Crippen LogP contribution in [0.2, 0.25) is 0 Å². The minimum absolute atomic E-state index is 0.140. The van der Waals surface area contributed by atoms with Crippen LogP contribution in [0.25, 0.3) is 0 Å². The second-order valence-electron chi connectivity index (χ2n) is 2.85. The molecule has 0 radical (unpaired) electrons. The molecule has 3 N–H and O–H groups in total. The molecule has 5 heteroatoms. The van der Waals surface area contributed by atoms with E-state index in [0.29, 0.717) is 12.2 Å². The van der Waals surface area contributed by atoms with Crippen LogP contribution in [0.4, 0.5) is 5.69 Å². The summed E-state index contributed by atoms with van der Waals surface area (Å²) >= 11 is 8.65. The fourth-order valence-corrected chi connectivity index (χ4v) is 1.39. The molecule has 0 aliphatic heterocycles. The molecule has 0 heterocycles. The highest BCUT2D eigenvalue weighted by Crippen LogP contribution is 2.26. The summed E-state index contributed by atoms with van der Waals surface area (Å²) < 4.78 is 0.804. The number of halogens is 2. The van der Waals surface area contributed by atoms with Crippen molar-refractivity contribution in [3.05, 3.63) is 22.7 Å². The van der Waals surface area contributed by atoms with Gasteiger partial charge < -0.3 is 15.5 Å². The molecule has 0 amide bonds. The van der Waals surface area contributed by atoms with E-state index in [1.54, 1.807) is 18.2 Å². The molecule has 0 aromatic heterocycles. The number of hydrogen-bond acceptors (Lipinski definition) is 3. The molecule has 1 aromatic carbocycles. The van der Waals surface area contributed by atoms with Crippen molar-refractivity contribution in [2.24, 2.45) is 0 Å².